The number of hydrogen-bond acceptors (Lipinski definition) is 3. The minimum atomic E-state index is -0.456. The van der Waals surface area contributed by atoms with Crippen molar-refractivity contribution in [1.29, 1.82) is 0 Å². The Morgan fingerprint density at radius 1 is 1.39 bits per heavy atom. The molecule has 96 valence electrons. The van der Waals surface area contributed by atoms with E-state index >= 15 is 0 Å². The van der Waals surface area contributed by atoms with Crippen LogP contribution in [0.2, 0.25) is 5.02 Å². The van der Waals surface area contributed by atoms with Gasteiger partial charge in [0.1, 0.15) is 6.61 Å². The molecule has 1 aromatic carbocycles. The maximum atomic E-state index is 11.7. The van der Waals surface area contributed by atoms with E-state index in [0.29, 0.717) is 24.4 Å². The molecule has 0 unspecified atom stereocenters. The van der Waals surface area contributed by atoms with Gasteiger partial charge in [-0.1, -0.05) is 29.8 Å². The van der Waals surface area contributed by atoms with E-state index in [-0.39, 0.29) is 18.9 Å². The van der Waals surface area contributed by atoms with Crippen molar-refractivity contribution in [3.05, 3.63) is 34.9 Å². The molecule has 0 N–H and O–H groups in total. The van der Waals surface area contributed by atoms with Crippen molar-refractivity contribution in [2.45, 2.75) is 19.4 Å². The van der Waals surface area contributed by atoms with Gasteiger partial charge in [-0.2, -0.15) is 0 Å². The van der Waals surface area contributed by atoms with Gasteiger partial charge in [0, 0.05) is 23.6 Å². The lowest BCUT2D eigenvalue weighted by Gasteiger charge is -2.25. The molecule has 0 radical (unpaired) electrons. The zero-order valence-electron chi connectivity index (χ0n) is 9.89. The van der Waals surface area contributed by atoms with Gasteiger partial charge in [-0.3, -0.25) is 4.79 Å². The number of rotatable bonds is 2. The van der Waals surface area contributed by atoms with E-state index in [2.05, 4.69) is 0 Å². The van der Waals surface area contributed by atoms with Crippen LogP contribution in [0, 0.1) is 0 Å². The molecule has 1 heterocycles. The average molecular weight is 268 g/mol. The third kappa shape index (κ3) is 3.23. The van der Waals surface area contributed by atoms with Crippen LogP contribution in [-0.2, 0) is 16.1 Å². The topological polar surface area (TPSA) is 46.6 Å². The predicted octanol–water partition coefficient (Wildman–Crippen LogP) is 2.64. The van der Waals surface area contributed by atoms with Crippen LogP contribution in [0.15, 0.2) is 24.3 Å². The van der Waals surface area contributed by atoms with Crippen LogP contribution >= 0.6 is 11.6 Å². The van der Waals surface area contributed by atoms with Gasteiger partial charge in [-0.15, -0.1) is 0 Å². The molecule has 1 aliphatic rings. The maximum absolute atomic E-state index is 11.7. The first-order chi connectivity index (χ1) is 8.66. The highest BCUT2D eigenvalue weighted by atomic mass is 35.5. The number of ketones is 1. The largest absolute Gasteiger partial charge is 0.444 e. The Bertz CT molecular complexity index is 461. The van der Waals surface area contributed by atoms with Gasteiger partial charge >= 0.3 is 6.09 Å². The predicted molar refractivity (Wildman–Crippen MR) is 67.5 cm³/mol. The molecule has 0 bridgehead atoms. The third-order valence-electron chi connectivity index (χ3n) is 2.82. The lowest BCUT2D eigenvalue weighted by atomic mass is 10.1. The molecule has 2 rings (SSSR count). The number of piperidine rings is 1. The number of halogens is 1. The first-order valence-electron chi connectivity index (χ1n) is 5.83. The van der Waals surface area contributed by atoms with Crippen LogP contribution in [0.5, 0.6) is 0 Å². The molecule has 5 heteroatoms. The summed E-state index contributed by atoms with van der Waals surface area (Å²) in [6.45, 7) is 0.859. The summed E-state index contributed by atoms with van der Waals surface area (Å²) in [4.78, 5) is 24.4. The van der Waals surface area contributed by atoms with Crippen LogP contribution in [0.25, 0.3) is 0 Å². The molecule has 0 spiro atoms. The Labute approximate surface area is 110 Å². The summed E-state index contributed by atoms with van der Waals surface area (Å²) >= 11 is 5.96. The Balaban J connectivity index is 1.88. The Morgan fingerprint density at radius 2 is 2.17 bits per heavy atom. The van der Waals surface area contributed by atoms with Crippen molar-refractivity contribution >= 4 is 23.5 Å². The minimum absolute atomic E-state index is 0.0796. The number of likely N-dealkylation sites (tertiary alicyclic amines) is 1. The van der Waals surface area contributed by atoms with Crippen molar-refractivity contribution in [1.82, 2.24) is 4.90 Å². The third-order valence-corrected chi connectivity index (χ3v) is 3.19. The fourth-order valence-electron chi connectivity index (χ4n) is 1.84. The summed E-state index contributed by atoms with van der Waals surface area (Å²) in [5.41, 5.74) is 0.760. The van der Waals surface area contributed by atoms with Gasteiger partial charge in [-0.05, 0) is 12.5 Å². The van der Waals surface area contributed by atoms with E-state index in [0.717, 1.165) is 5.56 Å². The molecule has 0 saturated carbocycles. The maximum Gasteiger partial charge on any atom is 0.410 e. The van der Waals surface area contributed by atoms with E-state index < -0.39 is 6.09 Å². The van der Waals surface area contributed by atoms with Crippen LogP contribution in [-0.4, -0.2) is 29.9 Å². The van der Waals surface area contributed by atoms with Crippen molar-refractivity contribution in [2.75, 3.05) is 13.1 Å². The molecule has 18 heavy (non-hydrogen) atoms. The van der Waals surface area contributed by atoms with Crippen LogP contribution in [0.1, 0.15) is 18.4 Å². The smallest absolute Gasteiger partial charge is 0.410 e. The number of carbonyl (C=O) groups excluding carboxylic acids is 2. The molecule has 1 aliphatic heterocycles. The molecule has 0 aromatic heterocycles. The lowest BCUT2D eigenvalue weighted by Crippen LogP contribution is -2.40. The number of amides is 1. The second-order valence-electron chi connectivity index (χ2n) is 4.21. The van der Waals surface area contributed by atoms with Crippen LogP contribution < -0.4 is 0 Å². The summed E-state index contributed by atoms with van der Waals surface area (Å²) < 4.78 is 5.15. The zero-order chi connectivity index (χ0) is 13.0. The first kappa shape index (κ1) is 12.9. The Morgan fingerprint density at radius 3 is 2.89 bits per heavy atom. The van der Waals surface area contributed by atoms with Gasteiger partial charge in [0.2, 0.25) is 0 Å². The SMILES string of the molecule is O=C1CCCN(C(=O)OCc2ccccc2Cl)C1. The molecule has 1 saturated heterocycles. The van der Waals surface area contributed by atoms with E-state index in [1.54, 1.807) is 12.1 Å². The molecule has 1 amide bonds. The second-order valence-corrected chi connectivity index (χ2v) is 4.62. The Hall–Kier alpha value is -1.55. The highest BCUT2D eigenvalue weighted by molar-refractivity contribution is 6.31. The standard InChI is InChI=1S/C13H14ClNO3/c14-12-6-2-1-4-10(12)9-18-13(17)15-7-3-5-11(16)8-15/h1-2,4,6H,3,5,7-9H2. The number of Topliss-reactive ketones (excluding diaryl/α,β-unsaturated/α-hetero) is 1. The van der Waals surface area contributed by atoms with Gasteiger partial charge in [0.05, 0.1) is 6.54 Å². The highest BCUT2D eigenvalue weighted by Crippen LogP contribution is 2.16. The monoisotopic (exact) mass is 267 g/mol. The van der Waals surface area contributed by atoms with E-state index in [1.165, 1.54) is 4.90 Å². The summed E-state index contributed by atoms with van der Waals surface area (Å²) in [6, 6.07) is 7.20. The lowest BCUT2D eigenvalue weighted by molar-refractivity contribution is -0.121. The van der Waals surface area contributed by atoms with Crippen molar-refractivity contribution in [2.24, 2.45) is 0 Å². The first-order valence-corrected chi connectivity index (χ1v) is 6.21. The van der Waals surface area contributed by atoms with Crippen LogP contribution in [0.3, 0.4) is 0 Å². The van der Waals surface area contributed by atoms with Gasteiger partial charge < -0.3 is 9.64 Å². The summed E-state index contributed by atoms with van der Waals surface area (Å²) in [6.07, 6.45) is 0.803. The molecule has 1 fully saturated rings. The van der Waals surface area contributed by atoms with Crippen molar-refractivity contribution in [3.8, 4) is 0 Å². The van der Waals surface area contributed by atoms with E-state index in [9.17, 15) is 9.59 Å². The molecule has 0 atom stereocenters. The Kier molecular flexibility index (Phi) is 4.20. The number of carbonyl (C=O) groups is 2. The van der Waals surface area contributed by atoms with E-state index in [1.807, 2.05) is 12.1 Å². The summed E-state index contributed by atoms with van der Waals surface area (Å²) in [5.74, 6) is 0.0796. The van der Waals surface area contributed by atoms with Gasteiger partial charge in [-0.25, -0.2) is 4.79 Å². The fourth-order valence-corrected chi connectivity index (χ4v) is 2.03. The molecule has 0 aliphatic carbocycles. The summed E-state index contributed by atoms with van der Waals surface area (Å²) in [7, 11) is 0. The van der Waals surface area contributed by atoms with Crippen LogP contribution in [0.4, 0.5) is 4.79 Å². The molecule has 1 aromatic rings. The normalized spacial score (nSPS) is 15.6. The van der Waals surface area contributed by atoms with Crippen molar-refractivity contribution < 1.29 is 14.3 Å². The minimum Gasteiger partial charge on any atom is -0.444 e. The van der Waals surface area contributed by atoms with E-state index in [4.69, 9.17) is 16.3 Å². The summed E-state index contributed by atoms with van der Waals surface area (Å²) in [5, 5.41) is 0.569. The molecular weight excluding hydrogens is 254 g/mol. The highest BCUT2D eigenvalue weighted by Gasteiger charge is 2.22. The average Bonchev–Trinajstić information content (AvgIpc) is 2.37. The fraction of sp³-hybridized carbons (Fsp3) is 0.385. The number of benzene rings is 1. The molecular formula is C13H14ClNO3. The van der Waals surface area contributed by atoms with Gasteiger partial charge in [0.15, 0.2) is 5.78 Å². The number of hydrogen-bond donors (Lipinski definition) is 0. The quantitative estimate of drug-likeness (QED) is 0.828. The molecule has 4 nitrogen and oxygen atoms in total. The second kappa shape index (κ2) is 5.87. The zero-order valence-corrected chi connectivity index (χ0v) is 10.7. The van der Waals surface area contributed by atoms with Crippen molar-refractivity contribution in [3.63, 3.8) is 0 Å². The number of ether oxygens (including phenoxy) is 1. The number of nitrogens with zero attached hydrogens (tertiary/aromatic N) is 1. The van der Waals surface area contributed by atoms with Gasteiger partial charge in [0.25, 0.3) is 0 Å².